The van der Waals surface area contributed by atoms with Gasteiger partial charge in [0, 0.05) is 30.7 Å². The third-order valence-electron chi connectivity index (χ3n) is 5.00. The molecule has 1 saturated carbocycles. The maximum absolute atomic E-state index is 12.9. The van der Waals surface area contributed by atoms with Gasteiger partial charge in [-0.25, -0.2) is 15.0 Å². The molecule has 4 rings (SSSR count). The van der Waals surface area contributed by atoms with Crippen LogP contribution in [0.2, 0.25) is 0 Å². The van der Waals surface area contributed by atoms with Crippen LogP contribution in [0.1, 0.15) is 36.2 Å². The highest BCUT2D eigenvalue weighted by molar-refractivity contribution is 6.03. The van der Waals surface area contributed by atoms with Crippen molar-refractivity contribution in [3.8, 4) is 5.95 Å². The highest BCUT2D eigenvalue weighted by Gasteiger charge is 2.30. The van der Waals surface area contributed by atoms with Gasteiger partial charge in [0.2, 0.25) is 5.95 Å². The molecule has 1 aliphatic rings. The molecule has 0 radical (unpaired) electrons. The number of imidazole rings is 1. The minimum absolute atomic E-state index is 0.108. The molecule has 0 aliphatic heterocycles. The number of alkyl halides is 3. The van der Waals surface area contributed by atoms with Crippen molar-refractivity contribution in [3.05, 3.63) is 36.7 Å². The number of nitrogens with zero attached hydrogens (tertiary/aromatic N) is 4. The Morgan fingerprint density at radius 2 is 1.97 bits per heavy atom. The van der Waals surface area contributed by atoms with Gasteiger partial charge in [0.05, 0.1) is 17.6 Å². The summed E-state index contributed by atoms with van der Waals surface area (Å²) in [5.74, 6) is -0.00674. The van der Waals surface area contributed by atoms with Crippen molar-refractivity contribution in [3.63, 3.8) is 0 Å². The van der Waals surface area contributed by atoms with Crippen LogP contribution < -0.4 is 10.6 Å². The number of amides is 1. The van der Waals surface area contributed by atoms with E-state index in [1.165, 1.54) is 0 Å². The van der Waals surface area contributed by atoms with Gasteiger partial charge in [0.15, 0.2) is 5.69 Å². The number of nitrogens with one attached hydrogen (secondary N) is 3. The van der Waals surface area contributed by atoms with Gasteiger partial charge in [-0.05, 0) is 31.7 Å². The minimum Gasteiger partial charge on any atom is -0.358 e. The van der Waals surface area contributed by atoms with Crippen molar-refractivity contribution in [2.75, 3.05) is 6.54 Å². The highest BCUT2D eigenvalue weighted by atomic mass is 19.4. The molecule has 1 amide bonds. The van der Waals surface area contributed by atoms with Crippen LogP contribution in [-0.2, 0) is 0 Å². The van der Waals surface area contributed by atoms with Gasteiger partial charge in [0.25, 0.3) is 5.91 Å². The van der Waals surface area contributed by atoms with Crippen molar-refractivity contribution < 1.29 is 18.0 Å². The molecule has 0 spiro atoms. The average Bonchev–Trinajstić information content (AvgIpc) is 3.37. The second-order valence-electron chi connectivity index (χ2n) is 7.10. The molecule has 3 N–H and O–H groups in total. The van der Waals surface area contributed by atoms with E-state index in [1.807, 2.05) is 0 Å². The van der Waals surface area contributed by atoms with Gasteiger partial charge in [-0.2, -0.15) is 13.2 Å². The summed E-state index contributed by atoms with van der Waals surface area (Å²) in [5, 5.41) is 5.50. The lowest BCUT2D eigenvalue weighted by Gasteiger charge is -2.30. The molecule has 0 atom stereocenters. The van der Waals surface area contributed by atoms with Crippen LogP contribution in [0.3, 0.4) is 0 Å². The number of carbonyl (C=O) groups excluding carboxylic acids is 1. The molecule has 3 aromatic heterocycles. The summed E-state index contributed by atoms with van der Waals surface area (Å²) in [6.45, 7) is -0.989. The molecule has 0 unspecified atom stereocenters. The van der Waals surface area contributed by atoms with E-state index in [0.717, 1.165) is 0 Å². The van der Waals surface area contributed by atoms with E-state index in [4.69, 9.17) is 0 Å². The number of H-pyrrole nitrogens is 1. The van der Waals surface area contributed by atoms with E-state index in [-0.39, 0.29) is 23.7 Å². The summed E-state index contributed by atoms with van der Waals surface area (Å²) in [4.78, 5) is 28.6. The summed E-state index contributed by atoms with van der Waals surface area (Å²) >= 11 is 0. The van der Waals surface area contributed by atoms with Crippen molar-refractivity contribution in [2.45, 2.75) is 43.9 Å². The predicted molar refractivity (Wildman–Crippen MR) is 98.6 cm³/mol. The van der Waals surface area contributed by atoms with E-state index in [1.54, 1.807) is 35.6 Å². The van der Waals surface area contributed by atoms with Crippen LogP contribution >= 0.6 is 0 Å². The molecule has 0 saturated heterocycles. The molecular formula is C18H20F3N7O. The fourth-order valence-electron chi connectivity index (χ4n) is 3.55. The van der Waals surface area contributed by atoms with Crippen LogP contribution in [0.25, 0.3) is 17.0 Å². The molecule has 11 heteroatoms. The van der Waals surface area contributed by atoms with Crippen molar-refractivity contribution >= 4 is 16.9 Å². The zero-order valence-corrected chi connectivity index (χ0v) is 15.4. The van der Waals surface area contributed by atoms with E-state index in [0.29, 0.717) is 42.7 Å². The standard InChI is InChI=1S/C18H20F3N7O/c19-18(20,21)9-24-11-1-3-12(4-2-11)25-16(29)15-14-13(5-6-23-14)26-17(27-15)28-8-7-22-10-28/h5-8,10-12,23-24H,1-4,9H2,(H,25,29). The monoisotopic (exact) mass is 407 g/mol. The van der Waals surface area contributed by atoms with Gasteiger partial charge in [-0.3, -0.25) is 9.36 Å². The zero-order valence-electron chi connectivity index (χ0n) is 15.4. The summed E-state index contributed by atoms with van der Waals surface area (Å²) in [6.07, 6.45) is 4.65. The molecule has 154 valence electrons. The smallest absolute Gasteiger partial charge is 0.358 e. The topological polar surface area (TPSA) is 101 Å². The predicted octanol–water partition coefficient (Wildman–Crippen LogP) is 2.34. The van der Waals surface area contributed by atoms with Crippen LogP contribution in [-0.4, -0.2) is 55.2 Å². The quantitative estimate of drug-likeness (QED) is 0.603. The Kier molecular flexibility index (Phi) is 5.22. The fraction of sp³-hybridized carbons (Fsp3) is 0.444. The molecule has 8 nitrogen and oxygen atoms in total. The number of aromatic nitrogens is 5. The molecule has 29 heavy (non-hydrogen) atoms. The number of hydrogen-bond acceptors (Lipinski definition) is 5. The molecule has 0 bridgehead atoms. The molecule has 1 aliphatic carbocycles. The zero-order chi connectivity index (χ0) is 20.4. The average molecular weight is 407 g/mol. The summed E-state index contributed by atoms with van der Waals surface area (Å²) in [7, 11) is 0. The summed E-state index contributed by atoms with van der Waals surface area (Å²) in [6, 6.07) is 1.46. The number of aromatic amines is 1. The largest absolute Gasteiger partial charge is 0.401 e. The van der Waals surface area contributed by atoms with E-state index >= 15 is 0 Å². The lowest BCUT2D eigenvalue weighted by atomic mass is 9.91. The van der Waals surface area contributed by atoms with Gasteiger partial charge < -0.3 is 15.6 Å². The number of halogens is 3. The van der Waals surface area contributed by atoms with Gasteiger partial charge in [-0.15, -0.1) is 0 Å². The molecule has 3 heterocycles. The van der Waals surface area contributed by atoms with Gasteiger partial charge in [0.1, 0.15) is 6.33 Å². The highest BCUT2D eigenvalue weighted by Crippen LogP contribution is 2.22. The van der Waals surface area contributed by atoms with E-state index in [9.17, 15) is 18.0 Å². The SMILES string of the molecule is O=C(NC1CCC(NCC(F)(F)F)CC1)c1nc(-n2ccnc2)nc2cc[nH]c12. The fourth-order valence-corrected chi connectivity index (χ4v) is 3.55. The Balaban J connectivity index is 1.43. The Hall–Kier alpha value is -2.95. The first-order valence-electron chi connectivity index (χ1n) is 9.33. The maximum atomic E-state index is 12.9. The van der Waals surface area contributed by atoms with Crippen molar-refractivity contribution in [1.29, 1.82) is 0 Å². The third-order valence-corrected chi connectivity index (χ3v) is 5.00. The Morgan fingerprint density at radius 1 is 1.21 bits per heavy atom. The second kappa shape index (κ2) is 7.82. The Labute approximate surface area is 163 Å². The third kappa shape index (κ3) is 4.56. The first-order chi connectivity index (χ1) is 13.9. The van der Waals surface area contributed by atoms with Crippen molar-refractivity contribution in [2.24, 2.45) is 0 Å². The summed E-state index contributed by atoms with van der Waals surface area (Å²) < 4.78 is 38.6. The van der Waals surface area contributed by atoms with Gasteiger partial charge >= 0.3 is 6.18 Å². The van der Waals surface area contributed by atoms with Crippen LogP contribution in [0.4, 0.5) is 13.2 Å². The minimum atomic E-state index is -4.22. The Bertz CT molecular complexity index is 975. The van der Waals surface area contributed by atoms with E-state index in [2.05, 4.69) is 30.6 Å². The molecular weight excluding hydrogens is 387 g/mol. The van der Waals surface area contributed by atoms with Crippen LogP contribution in [0, 0.1) is 0 Å². The van der Waals surface area contributed by atoms with Crippen LogP contribution in [0.15, 0.2) is 31.0 Å². The van der Waals surface area contributed by atoms with Crippen LogP contribution in [0.5, 0.6) is 0 Å². The number of rotatable bonds is 5. The number of carbonyl (C=O) groups is 1. The second-order valence-corrected chi connectivity index (χ2v) is 7.10. The lowest BCUT2D eigenvalue weighted by Crippen LogP contribution is -2.44. The molecule has 1 fully saturated rings. The maximum Gasteiger partial charge on any atom is 0.401 e. The van der Waals surface area contributed by atoms with E-state index < -0.39 is 12.7 Å². The van der Waals surface area contributed by atoms with Crippen molar-refractivity contribution in [1.82, 2.24) is 35.1 Å². The summed E-state index contributed by atoms with van der Waals surface area (Å²) in [5.41, 5.74) is 1.36. The number of hydrogen-bond donors (Lipinski definition) is 3. The Morgan fingerprint density at radius 3 is 2.66 bits per heavy atom. The number of fused-ring (bicyclic) bond motifs is 1. The normalized spacial score (nSPS) is 20.1. The first-order valence-corrected chi connectivity index (χ1v) is 9.33. The van der Waals surface area contributed by atoms with Gasteiger partial charge in [-0.1, -0.05) is 0 Å². The molecule has 0 aromatic carbocycles. The first kappa shape index (κ1) is 19.4. The molecule has 3 aromatic rings. The lowest BCUT2D eigenvalue weighted by molar-refractivity contribution is -0.126.